The molecule has 1 saturated heterocycles. The van der Waals surface area contributed by atoms with E-state index >= 15 is 0 Å². The maximum Gasteiger partial charge on any atom is 0.344 e. The summed E-state index contributed by atoms with van der Waals surface area (Å²) in [6.07, 6.45) is 0. The average molecular weight is 310 g/mol. The molecule has 3 rings (SSSR count). The Hall–Kier alpha value is -2.95. The van der Waals surface area contributed by atoms with Crippen molar-refractivity contribution in [2.24, 2.45) is 5.41 Å². The van der Waals surface area contributed by atoms with Gasteiger partial charge in [-0.15, -0.1) is 0 Å². The van der Waals surface area contributed by atoms with E-state index in [0.29, 0.717) is 11.1 Å². The summed E-state index contributed by atoms with van der Waals surface area (Å²) in [7, 11) is 0. The summed E-state index contributed by atoms with van der Waals surface area (Å²) in [5.41, 5.74) is -2.55. The molecular weight excluding hydrogens is 296 g/mol. The highest BCUT2D eigenvalue weighted by Gasteiger charge is 2.75. The molecule has 116 valence electrons. The predicted molar refractivity (Wildman–Crippen MR) is 80.5 cm³/mol. The lowest BCUT2D eigenvalue weighted by molar-refractivity contribution is -0.207. The molecule has 2 aromatic carbocycles. The maximum atomic E-state index is 12.2. The van der Waals surface area contributed by atoms with Crippen LogP contribution in [-0.4, -0.2) is 23.0 Å². The number of hydrogen-bond acceptors (Lipinski definition) is 4. The molecule has 23 heavy (non-hydrogen) atoms. The van der Waals surface area contributed by atoms with Gasteiger partial charge in [-0.3, -0.25) is 4.79 Å². The van der Waals surface area contributed by atoms with Crippen molar-refractivity contribution in [3.05, 3.63) is 71.8 Å². The molecule has 0 bridgehead atoms. The van der Waals surface area contributed by atoms with E-state index < -0.39 is 28.7 Å². The lowest BCUT2D eigenvalue weighted by Gasteiger charge is -2.46. The second kappa shape index (κ2) is 5.05. The Morgan fingerprint density at radius 3 is 1.61 bits per heavy atom. The monoisotopic (exact) mass is 310 g/mol. The highest BCUT2D eigenvalue weighted by molar-refractivity contribution is 6.29. The number of ether oxygens (including phenoxy) is 1. The molecule has 0 spiro atoms. The second-order valence-electron chi connectivity index (χ2n) is 5.59. The Labute approximate surface area is 132 Å². The SMILES string of the molecule is CC(c1ccccc1)(c1ccccc1)C1(C(=O)O)C(=O)OC1=O. The van der Waals surface area contributed by atoms with Gasteiger partial charge in [-0.25, -0.2) is 9.59 Å². The summed E-state index contributed by atoms with van der Waals surface area (Å²) in [6.45, 7) is 1.59. The number of carbonyl (C=O) groups excluding carboxylic acids is 2. The molecule has 0 atom stereocenters. The van der Waals surface area contributed by atoms with E-state index in [9.17, 15) is 19.5 Å². The predicted octanol–water partition coefficient (Wildman–Crippen LogP) is 2.15. The van der Waals surface area contributed by atoms with Crippen molar-refractivity contribution in [2.75, 3.05) is 0 Å². The first kappa shape index (κ1) is 15.0. The summed E-state index contributed by atoms with van der Waals surface area (Å²) >= 11 is 0. The van der Waals surface area contributed by atoms with Crippen LogP contribution in [0, 0.1) is 5.41 Å². The minimum absolute atomic E-state index is 0.554. The third-order valence-electron chi connectivity index (χ3n) is 4.57. The molecule has 5 nitrogen and oxygen atoms in total. The molecule has 2 aromatic rings. The third kappa shape index (κ3) is 1.76. The van der Waals surface area contributed by atoms with Crippen LogP contribution >= 0.6 is 0 Å². The Kier molecular flexibility index (Phi) is 3.29. The first-order valence-electron chi connectivity index (χ1n) is 7.07. The van der Waals surface area contributed by atoms with Crippen molar-refractivity contribution in [3.63, 3.8) is 0 Å². The number of cyclic esters (lactones) is 2. The fraction of sp³-hybridized carbons (Fsp3) is 0.167. The van der Waals surface area contributed by atoms with E-state index in [1.807, 2.05) is 0 Å². The average Bonchev–Trinajstić information content (AvgIpc) is 2.56. The highest BCUT2D eigenvalue weighted by Crippen LogP contribution is 2.53. The number of carboxylic acid groups (broad SMARTS) is 1. The summed E-state index contributed by atoms with van der Waals surface area (Å²) in [5, 5.41) is 9.76. The van der Waals surface area contributed by atoms with Crippen LogP contribution in [0.5, 0.6) is 0 Å². The molecular formula is C18H14O5. The maximum absolute atomic E-state index is 12.2. The van der Waals surface area contributed by atoms with E-state index in [0.717, 1.165) is 0 Å². The number of benzene rings is 2. The standard InChI is InChI=1S/C18H14O5/c1-17(12-8-4-2-5-9-12,13-10-6-3-7-11-13)18(14(19)20)15(21)23-16(18)22/h2-11H,1H3,(H,19,20). The molecule has 1 N–H and O–H groups in total. The number of hydrogen-bond donors (Lipinski definition) is 1. The summed E-state index contributed by atoms with van der Waals surface area (Å²) < 4.78 is 4.45. The molecule has 1 aliphatic rings. The number of carbonyl (C=O) groups is 3. The van der Waals surface area contributed by atoms with Gasteiger partial charge in [-0.1, -0.05) is 60.7 Å². The van der Waals surface area contributed by atoms with Gasteiger partial charge in [-0.2, -0.15) is 0 Å². The Morgan fingerprint density at radius 1 is 0.913 bits per heavy atom. The van der Waals surface area contributed by atoms with E-state index in [-0.39, 0.29) is 0 Å². The summed E-state index contributed by atoms with van der Waals surface area (Å²) in [5.74, 6) is -3.58. The van der Waals surface area contributed by atoms with Gasteiger partial charge < -0.3 is 9.84 Å². The number of rotatable bonds is 4. The molecule has 0 saturated carbocycles. The zero-order valence-electron chi connectivity index (χ0n) is 12.4. The number of esters is 2. The third-order valence-corrected chi connectivity index (χ3v) is 4.57. The van der Waals surface area contributed by atoms with Gasteiger partial charge in [0.1, 0.15) is 0 Å². The molecule has 0 amide bonds. The quantitative estimate of drug-likeness (QED) is 0.691. The molecule has 5 heteroatoms. The number of carboxylic acids is 1. The molecule has 0 aromatic heterocycles. The van der Waals surface area contributed by atoms with E-state index in [1.165, 1.54) is 0 Å². The molecule has 1 fully saturated rings. The fourth-order valence-corrected chi connectivity index (χ4v) is 3.21. The van der Waals surface area contributed by atoms with Crippen LogP contribution < -0.4 is 0 Å². The summed E-state index contributed by atoms with van der Waals surface area (Å²) in [4.78, 5) is 36.3. The van der Waals surface area contributed by atoms with Crippen molar-refractivity contribution in [1.29, 1.82) is 0 Å². The first-order valence-corrected chi connectivity index (χ1v) is 7.07. The molecule has 0 unspecified atom stereocenters. The Balaban J connectivity index is 2.36. The Bertz CT molecular complexity index is 712. The highest BCUT2D eigenvalue weighted by atomic mass is 16.6. The smallest absolute Gasteiger partial charge is 0.344 e. The van der Waals surface area contributed by atoms with Crippen LogP contribution in [-0.2, 0) is 24.5 Å². The van der Waals surface area contributed by atoms with Crippen LogP contribution in [0.15, 0.2) is 60.7 Å². The van der Waals surface area contributed by atoms with Gasteiger partial charge >= 0.3 is 17.9 Å². The van der Waals surface area contributed by atoms with Crippen LogP contribution in [0.3, 0.4) is 0 Å². The van der Waals surface area contributed by atoms with Gasteiger partial charge in [0.05, 0.1) is 5.41 Å². The van der Waals surface area contributed by atoms with Gasteiger partial charge in [0.2, 0.25) is 0 Å². The molecule has 0 aliphatic carbocycles. The van der Waals surface area contributed by atoms with Crippen molar-refractivity contribution < 1.29 is 24.2 Å². The normalized spacial score (nSPS) is 16.4. The van der Waals surface area contributed by atoms with Crippen molar-refractivity contribution in [3.8, 4) is 0 Å². The second-order valence-corrected chi connectivity index (χ2v) is 5.59. The summed E-state index contributed by atoms with van der Waals surface area (Å²) in [6, 6.07) is 17.3. The van der Waals surface area contributed by atoms with Crippen LogP contribution in [0.4, 0.5) is 0 Å². The lowest BCUT2D eigenvalue weighted by Crippen LogP contribution is -2.68. The molecule has 1 aliphatic heterocycles. The van der Waals surface area contributed by atoms with E-state index in [1.54, 1.807) is 67.6 Å². The van der Waals surface area contributed by atoms with Gasteiger partial charge in [0, 0.05) is 0 Å². The minimum Gasteiger partial charge on any atom is -0.480 e. The van der Waals surface area contributed by atoms with Crippen LogP contribution in [0.25, 0.3) is 0 Å². The van der Waals surface area contributed by atoms with Crippen molar-refractivity contribution in [1.82, 2.24) is 0 Å². The Morgan fingerprint density at radius 2 is 1.30 bits per heavy atom. The van der Waals surface area contributed by atoms with Crippen molar-refractivity contribution in [2.45, 2.75) is 12.3 Å². The van der Waals surface area contributed by atoms with Gasteiger partial charge in [0.15, 0.2) is 0 Å². The van der Waals surface area contributed by atoms with Gasteiger partial charge in [0.25, 0.3) is 5.41 Å². The number of aliphatic carboxylic acids is 1. The first-order chi connectivity index (χ1) is 11.0. The van der Waals surface area contributed by atoms with Gasteiger partial charge in [-0.05, 0) is 18.1 Å². The molecule has 0 radical (unpaired) electrons. The zero-order valence-corrected chi connectivity index (χ0v) is 12.4. The molecule has 1 heterocycles. The van der Waals surface area contributed by atoms with E-state index in [4.69, 9.17) is 0 Å². The lowest BCUT2D eigenvalue weighted by atomic mass is 9.55. The fourth-order valence-electron chi connectivity index (χ4n) is 3.21. The topological polar surface area (TPSA) is 80.7 Å². The van der Waals surface area contributed by atoms with Crippen LogP contribution in [0.1, 0.15) is 18.1 Å². The minimum atomic E-state index is -2.28. The zero-order chi connectivity index (χ0) is 16.7. The largest absolute Gasteiger partial charge is 0.480 e. The van der Waals surface area contributed by atoms with Crippen LogP contribution in [0.2, 0.25) is 0 Å². The van der Waals surface area contributed by atoms with E-state index in [2.05, 4.69) is 4.74 Å². The van der Waals surface area contributed by atoms with Crippen molar-refractivity contribution >= 4 is 17.9 Å².